The second-order valence-electron chi connectivity index (χ2n) is 4.37. The second kappa shape index (κ2) is 4.83. The van der Waals surface area contributed by atoms with Crippen LogP contribution >= 0.6 is 0 Å². The molecule has 3 nitrogen and oxygen atoms in total. The van der Waals surface area contributed by atoms with Crippen LogP contribution in [-0.2, 0) is 0 Å². The van der Waals surface area contributed by atoms with Gasteiger partial charge in [-0.1, -0.05) is 6.92 Å². The highest BCUT2D eigenvalue weighted by molar-refractivity contribution is 5.31. The van der Waals surface area contributed by atoms with Crippen LogP contribution < -0.4 is 4.74 Å². The molecule has 0 amide bonds. The third-order valence-corrected chi connectivity index (χ3v) is 3.46. The van der Waals surface area contributed by atoms with E-state index in [4.69, 9.17) is 4.74 Å². The van der Waals surface area contributed by atoms with E-state index in [1.54, 1.807) is 7.11 Å². The van der Waals surface area contributed by atoms with Crippen LogP contribution in [0.3, 0.4) is 0 Å². The van der Waals surface area contributed by atoms with Crippen molar-refractivity contribution in [3.8, 4) is 5.88 Å². The van der Waals surface area contributed by atoms with Gasteiger partial charge in [-0.25, -0.2) is 4.98 Å². The summed E-state index contributed by atoms with van der Waals surface area (Å²) >= 11 is 0. The summed E-state index contributed by atoms with van der Waals surface area (Å²) in [5, 5.41) is 0. The fraction of sp³-hybridized carbons (Fsp3) is 0.615. The molecule has 1 atom stereocenters. The first-order valence-electron chi connectivity index (χ1n) is 6.00. The number of pyridine rings is 1. The number of aryl methyl sites for hydroxylation is 1. The van der Waals surface area contributed by atoms with E-state index in [2.05, 4.69) is 23.7 Å². The molecule has 0 spiro atoms. The summed E-state index contributed by atoms with van der Waals surface area (Å²) in [5.41, 5.74) is 2.65. The van der Waals surface area contributed by atoms with Gasteiger partial charge in [0, 0.05) is 18.3 Å². The van der Waals surface area contributed by atoms with E-state index in [1.807, 2.05) is 12.3 Å². The van der Waals surface area contributed by atoms with E-state index in [0.717, 1.165) is 6.54 Å². The van der Waals surface area contributed by atoms with E-state index in [9.17, 15) is 0 Å². The Hall–Kier alpha value is -1.09. The van der Waals surface area contributed by atoms with Crippen LogP contribution in [0.5, 0.6) is 5.88 Å². The van der Waals surface area contributed by atoms with Gasteiger partial charge in [-0.15, -0.1) is 0 Å². The number of rotatable bonds is 3. The predicted octanol–water partition coefficient (Wildman–Crippen LogP) is 2.56. The summed E-state index contributed by atoms with van der Waals surface area (Å²) < 4.78 is 5.14. The molecule has 0 saturated carbocycles. The zero-order chi connectivity index (χ0) is 11.5. The summed E-state index contributed by atoms with van der Waals surface area (Å²) in [6.45, 7) is 6.71. The smallest absolute Gasteiger partial charge is 0.213 e. The molecule has 1 aromatic rings. The molecule has 1 aliphatic heterocycles. The first-order chi connectivity index (χ1) is 7.76. The average Bonchev–Trinajstić information content (AvgIpc) is 2.76. The van der Waals surface area contributed by atoms with Crippen molar-refractivity contribution in [1.29, 1.82) is 0 Å². The molecule has 1 saturated heterocycles. The zero-order valence-corrected chi connectivity index (χ0v) is 10.4. The summed E-state index contributed by atoms with van der Waals surface area (Å²) in [4.78, 5) is 6.85. The maximum Gasteiger partial charge on any atom is 0.213 e. The van der Waals surface area contributed by atoms with Gasteiger partial charge < -0.3 is 4.74 Å². The van der Waals surface area contributed by atoms with E-state index < -0.39 is 0 Å². The van der Waals surface area contributed by atoms with Crippen LogP contribution in [0.1, 0.15) is 36.9 Å². The monoisotopic (exact) mass is 220 g/mol. The van der Waals surface area contributed by atoms with Crippen molar-refractivity contribution in [2.75, 3.05) is 20.2 Å². The molecule has 2 rings (SSSR count). The number of hydrogen-bond donors (Lipinski definition) is 0. The normalized spacial score (nSPS) is 21.3. The largest absolute Gasteiger partial charge is 0.481 e. The summed E-state index contributed by atoms with van der Waals surface area (Å²) in [7, 11) is 1.66. The van der Waals surface area contributed by atoms with Gasteiger partial charge in [0.2, 0.25) is 5.88 Å². The van der Waals surface area contributed by atoms with Gasteiger partial charge >= 0.3 is 0 Å². The number of nitrogens with zero attached hydrogens (tertiary/aromatic N) is 2. The second-order valence-corrected chi connectivity index (χ2v) is 4.37. The molecule has 0 unspecified atom stereocenters. The van der Waals surface area contributed by atoms with Crippen molar-refractivity contribution < 1.29 is 4.74 Å². The van der Waals surface area contributed by atoms with Crippen molar-refractivity contribution in [3.05, 3.63) is 23.4 Å². The number of hydrogen-bond acceptors (Lipinski definition) is 3. The summed E-state index contributed by atoms with van der Waals surface area (Å²) in [6.07, 6.45) is 4.53. The maximum absolute atomic E-state index is 5.14. The van der Waals surface area contributed by atoms with Gasteiger partial charge in [0.1, 0.15) is 0 Å². The van der Waals surface area contributed by atoms with Gasteiger partial charge in [0.05, 0.1) is 7.11 Å². The Morgan fingerprint density at radius 2 is 2.38 bits per heavy atom. The molecule has 88 valence electrons. The molecule has 0 bridgehead atoms. The highest BCUT2D eigenvalue weighted by Gasteiger charge is 2.25. The maximum atomic E-state index is 5.14. The van der Waals surface area contributed by atoms with Crippen LogP contribution in [0.4, 0.5) is 0 Å². The van der Waals surface area contributed by atoms with E-state index in [0.29, 0.717) is 11.9 Å². The number of likely N-dealkylation sites (tertiary alicyclic amines) is 1. The molecule has 16 heavy (non-hydrogen) atoms. The van der Waals surface area contributed by atoms with Crippen LogP contribution in [0.15, 0.2) is 12.3 Å². The Kier molecular flexibility index (Phi) is 3.44. The lowest BCUT2D eigenvalue weighted by atomic mass is 10.0. The van der Waals surface area contributed by atoms with E-state index in [1.165, 1.54) is 30.5 Å². The molecular weight excluding hydrogens is 200 g/mol. The Morgan fingerprint density at radius 3 is 3.00 bits per heavy atom. The quantitative estimate of drug-likeness (QED) is 0.782. The standard InChI is InChI=1S/C13H20N2O/c1-4-15-7-5-6-12(15)11-9-14-13(16-3)8-10(11)2/h8-9,12H,4-7H2,1-3H3/t12-/m0/s1. The fourth-order valence-corrected chi connectivity index (χ4v) is 2.56. The Bertz CT molecular complexity index is 365. The molecule has 0 aromatic carbocycles. The van der Waals surface area contributed by atoms with Crippen molar-refractivity contribution >= 4 is 0 Å². The molecule has 1 fully saturated rings. The highest BCUT2D eigenvalue weighted by Crippen LogP contribution is 2.33. The van der Waals surface area contributed by atoms with Crippen LogP contribution in [0.2, 0.25) is 0 Å². The van der Waals surface area contributed by atoms with Gasteiger partial charge in [0.25, 0.3) is 0 Å². The minimum absolute atomic E-state index is 0.559. The molecular formula is C13H20N2O. The zero-order valence-electron chi connectivity index (χ0n) is 10.4. The number of ether oxygens (including phenoxy) is 1. The highest BCUT2D eigenvalue weighted by atomic mass is 16.5. The van der Waals surface area contributed by atoms with Crippen molar-refractivity contribution in [3.63, 3.8) is 0 Å². The number of methoxy groups -OCH3 is 1. The predicted molar refractivity (Wildman–Crippen MR) is 64.7 cm³/mol. The van der Waals surface area contributed by atoms with Crippen molar-refractivity contribution in [1.82, 2.24) is 9.88 Å². The minimum Gasteiger partial charge on any atom is -0.481 e. The molecule has 1 aliphatic rings. The van der Waals surface area contributed by atoms with Crippen molar-refractivity contribution in [2.45, 2.75) is 32.7 Å². The molecule has 2 heterocycles. The minimum atomic E-state index is 0.559. The van der Waals surface area contributed by atoms with Gasteiger partial charge in [-0.05, 0) is 44.0 Å². The van der Waals surface area contributed by atoms with Crippen LogP contribution in [0, 0.1) is 6.92 Å². The first kappa shape index (κ1) is 11.4. The Balaban J connectivity index is 2.26. The van der Waals surface area contributed by atoms with Crippen LogP contribution in [0.25, 0.3) is 0 Å². The summed E-state index contributed by atoms with van der Waals surface area (Å²) in [6, 6.07) is 2.59. The lowest BCUT2D eigenvalue weighted by molar-refractivity contribution is 0.270. The van der Waals surface area contributed by atoms with Gasteiger partial charge in [0.15, 0.2) is 0 Å². The topological polar surface area (TPSA) is 25.4 Å². The molecule has 3 heteroatoms. The average molecular weight is 220 g/mol. The van der Waals surface area contributed by atoms with E-state index in [-0.39, 0.29) is 0 Å². The third kappa shape index (κ3) is 2.05. The molecule has 1 aromatic heterocycles. The first-order valence-corrected chi connectivity index (χ1v) is 6.00. The lowest BCUT2D eigenvalue weighted by Gasteiger charge is -2.24. The Morgan fingerprint density at radius 1 is 1.56 bits per heavy atom. The SMILES string of the molecule is CCN1CCC[C@H]1c1cnc(OC)cc1C. The molecule has 0 aliphatic carbocycles. The molecule has 0 N–H and O–H groups in total. The Labute approximate surface area is 97.4 Å². The fourth-order valence-electron chi connectivity index (χ4n) is 2.56. The van der Waals surface area contributed by atoms with Gasteiger partial charge in [-0.3, -0.25) is 4.90 Å². The molecule has 0 radical (unpaired) electrons. The number of aromatic nitrogens is 1. The summed E-state index contributed by atoms with van der Waals surface area (Å²) in [5.74, 6) is 0.710. The van der Waals surface area contributed by atoms with Gasteiger partial charge in [-0.2, -0.15) is 0 Å². The van der Waals surface area contributed by atoms with Crippen LogP contribution in [-0.4, -0.2) is 30.1 Å². The van der Waals surface area contributed by atoms with Crippen molar-refractivity contribution in [2.24, 2.45) is 0 Å². The lowest BCUT2D eigenvalue weighted by Crippen LogP contribution is -2.23. The van der Waals surface area contributed by atoms with E-state index >= 15 is 0 Å². The third-order valence-electron chi connectivity index (χ3n) is 3.46.